The van der Waals surface area contributed by atoms with E-state index in [1.807, 2.05) is 32.0 Å². The van der Waals surface area contributed by atoms with Crippen LogP contribution in [0.3, 0.4) is 0 Å². The summed E-state index contributed by atoms with van der Waals surface area (Å²) in [5, 5.41) is 2.24. The molecular formula is C22H22N2O5S. The molecule has 8 heteroatoms. The number of hydrogen-bond donors (Lipinski definition) is 1. The molecule has 0 radical (unpaired) electrons. The topological polar surface area (TPSA) is 84.9 Å². The molecule has 156 valence electrons. The Morgan fingerprint density at radius 3 is 2.40 bits per heavy atom. The monoisotopic (exact) mass is 426 g/mol. The summed E-state index contributed by atoms with van der Waals surface area (Å²) >= 11 is 0.785. The summed E-state index contributed by atoms with van der Waals surface area (Å²) in [7, 11) is 3.05. The zero-order chi connectivity index (χ0) is 21.8. The molecule has 3 rings (SSSR count). The van der Waals surface area contributed by atoms with Crippen LogP contribution in [0.4, 0.5) is 10.5 Å². The first-order chi connectivity index (χ1) is 14.3. The number of amides is 3. The molecule has 1 aliphatic rings. The van der Waals surface area contributed by atoms with Gasteiger partial charge in [0, 0.05) is 11.3 Å². The van der Waals surface area contributed by atoms with Crippen molar-refractivity contribution < 1.29 is 23.9 Å². The van der Waals surface area contributed by atoms with E-state index in [2.05, 4.69) is 5.32 Å². The molecule has 1 heterocycles. The van der Waals surface area contributed by atoms with Crippen LogP contribution >= 0.6 is 11.8 Å². The standard InChI is InChI=1S/C22H22N2O5S/c1-13-7-14(2)9-16(8-13)23-20(25)12-24-21(26)19(30-22(24)27)11-15-10-17(28-3)5-6-18(15)29-4/h5-11H,12H2,1-4H3,(H,23,25)/b19-11+. The highest BCUT2D eigenvalue weighted by Crippen LogP contribution is 2.35. The number of carbonyl (C=O) groups excluding carboxylic acids is 3. The van der Waals surface area contributed by atoms with Gasteiger partial charge in [-0.1, -0.05) is 6.07 Å². The van der Waals surface area contributed by atoms with Crippen molar-refractivity contribution in [2.45, 2.75) is 13.8 Å². The first-order valence-electron chi connectivity index (χ1n) is 9.16. The smallest absolute Gasteiger partial charge is 0.294 e. The number of carbonyl (C=O) groups is 3. The van der Waals surface area contributed by atoms with Crippen LogP contribution in [0.25, 0.3) is 6.08 Å². The molecule has 0 aliphatic carbocycles. The van der Waals surface area contributed by atoms with Gasteiger partial charge in [0.15, 0.2) is 0 Å². The molecular weight excluding hydrogens is 404 g/mol. The lowest BCUT2D eigenvalue weighted by Crippen LogP contribution is -2.36. The van der Waals surface area contributed by atoms with Crippen LogP contribution in [0.2, 0.25) is 0 Å². The number of benzene rings is 2. The van der Waals surface area contributed by atoms with Gasteiger partial charge in [0.2, 0.25) is 5.91 Å². The van der Waals surface area contributed by atoms with E-state index in [0.29, 0.717) is 22.7 Å². The molecule has 0 bridgehead atoms. The maximum Gasteiger partial charge on any atom is 0.294 e. The third-order valence-electron chi connectivity index (χ3n) is 4.40. The Balaban J connectivity index is 1.76. The minimum Gasteiger partial charge on any atom is -0.497 e. The van der Waals surface area contributed by atoms with Gasteiger partial charge in [-0.3, -0.25) is 19.3 Å². The van der Waals surface area contributed by atoms with Gasteiger partial charge in [0.1, 0.15) is 18.0 Å². The quantitative estimate of drug-likeness (QED) is 0.703. The molecule has 30 heavy (non-hydrogen) atoms. The van der Waals surface area contributed by atoms with Crippen molar-refractivity contribution in [1.82, 2.24) is 4.90 Å². The zero-order valence-electron chi connectivity index (χ0n) is 17.1. The fraction of sp³-hybridized carbons (Fsp3) is 0.227. The van der Waals surface area contributed by atoms with E-state index in [1.54, 1.807) is 24.3 Å². The number of ether oxygens (including phenoxy) is 2. The van der Waals surface area contributed by atoms with E-state index in [1.165, 1.54) is 14.2 Å². The second-order valence-corrected chi connectivity index (χ2v) is 7.79. The van der Waals surface area contributed by atoms with E-state index in [0.717, 1.165) is 27.8 Å². The number of hydrogen-bond acceptors (Lipinski definition) is 6. The van der Waals surface area contributed by atoms with Crippen molar-refractivity contribution in [2.75, 3.05) is 26.1 Å². The number of nitrogens with zero attached hydrogens (tertiary/aromatic N) is 1. The molecule has 1 N–H and O–H groups in total. The minimum absolute atomic E-state index is 0.214. The molecule has 0 saturated carbocycles. The lowest BCUT2D eigenvalue weighted by Gasteiger charge is -2.13. The summed E-state index contributed by atoms with van der Waals surface area (Å²) in [5.74, 6) is 0.164. The maximum absolute atomic E-state index is 12.7. The molecule has 1 saturated heterocycles. The van der Waals surface area contributed by atoms with Gasteiger partial charge in [-0.2, -0.15) is 0 Å². The summed E-state index contributed by atoms with van der Waals surface area (Å²) in [6, 6.07) is 10.8. The van der Waals surface area contributed by atoms with Crippen molar-refractivity contribution in [2.24, 2.45) is 0 Å². The molecule has 2 aromatic carbocycles. The van der Waals surface area contributed by atoms with E-state index >= 15 is 0 Å². The van der Waals surface area contributed by atoms with Gasteiger partial charge >= 0.3 is 0 Å². The SMILES string of the molecule is COc1ccc(OC)c(/C=C2/SC(=O)N(CC(=O)Nc3cc(C)cc(C)c3)C2=O)c1. The zero-order valence-corrected chi connectivity index (χ0v) is 18.0. The van der Waals surface area contributed by atoms with Crippen molar-refractivity contribution >= 4 is 40.6 Å². The molecule has 0 unspecified atom stereocenters. The first-order valence-corrected chi connectivity index (χ1v) is 9.98. The number of nitrogens with one attached hydrogen (secondary N) is 1. The number of anilines is 1. The average molecular weight is 426 g/mol. The van der Waals surface area contributed by atoms with Crippen LogP contribution in [0.15, 0.2) is 41.3 Å². The highest BCUT2D eigenvalue weighted by Gasteiger charge is 2.36. The predicted octanol–water partition coefficient (Wildman–Crippen LogP) is 4.00. The Morgan fingerprint density at radius 1 is 1.07 bits per heavy atom. The predicted molar refractivity (Wildman–Crippen MR) is 117 cm³/mol. The summed E-state index contributed by atoms with van der Waals surface area (Å²) < 4.78 is 10.5. The molecule has 0 spiro atoms. The second-order valence-electron chi connectivity index (χ2n) is 6.80. The third kappa shape index (κ3) is 4.83. The second kappa shape index (κ2) is 9.04. The highest BCUT2D eigenvalue weighted by molar-refractivity contribution is 8.18. The van der Waals surface area contributed by atoms with E-state index in [9.17, 15) is 14.4 Å². The van der Waals surface area contributed by atoms with Crippen LogP contribution < -0.4 is 14.8 Å². The number of imide groups is 1. The lowest BCUT2D eigenvalue weighted by atomic mass is 10.1. The number of thioether (sulfide) groups is 1. The summed E-state index contributed by atoms with van der Waals surface area (Å²) in [4.78, 5) is 38.6. The summed E-state index contributed by atoms with van der Waals surface area (Å²) in [6.07, 6.45) is 1.56. The fourth-order valence-corrected chi connectivity index (χ4v) is 3.95. The Kier molecular flexibility index (Phi) is 6.47. The summed E-state index contributed by atoms with van der Waals surface area (Å²) in [6.45, 7) is 3.50. The highest BCUT2D eigenvalue weighted by atomic mass is 32.2. The Morgan fingerprint density at radius 2 is 1.77 bits per heavy atom. The van der Waals surface area contributed by atoms with Gasteiger partial charge in [-0.25, -0.2) is 0 Å². The van der Waals surface area contributed by atoms with Gasteiger partial charge in [0.05, 0.1) is 19.1 Å². The molecule has 0 atom stereocenters. The Bertz CT molecular complexity index is 1030. The van der Waals surface area contributed by atoms with E-state index in [4.69, 9.17) is 9.47 Å². The van der Waals surface area contributed by atoms with Crippen LogP contribution in [-0.2, 0) is 9.59 Å². The molecule has 1 fully saturated rings. The van der Waals surface area contributed by atoms with Gasteiger partial charge in [0.25, 0.3) is 11.1 Å². The van der Waals surface area contributed by atoms with Crippen molar-refractivity contribution in [1.29, 1.82) is 0 Å². The minimum atomic E-state index is -0.523. The molecule has 1 aliphatic heterocycles. The van der Waals surface area contributed by atoms with Crippen LogP contribution in [0.5, 0.6) is 11.5 Å². The maximum atomic E-state index is 12.7. The van der Waals surface area contributed by atoms with Crippen LogP contribution in [0.1, 0.15) is 16.7 Å². The molecule has 7 nitrogen and oxygen atoms in total. The molecule has 0 aromatic heterocycles. The summed E-state index contributed by atoms with van der Waals surface area (Å²) in [5.41, 5.74) is 3.24. The number of rotatable bonds is 6. The lowest BCUT2D eigenvalue weighted by molar-refractivity contribution is -0.127. The van der Waals surface area contributed by atoms with Crippen molar-refractivity contribution in [3.05, 3.63) is 58.0 Å². The fourth-order valence-electron chi connectivity index (χ4n) is 3.12. The normalized spacial score (nSPS) is 14.9. The first kappa shape index (κ1) is 21.4. The largest absolute Gasteiger partial charge is 0.497 e. The number of aryl methyl sites for hydroxylation is 2. The van der Waals surface area contributed by atoms with Crippen LogP contribution in [-0.4, -0.2) is 42.7 Å². The molecule has 2 aromatic rings. The van der Waals surface area contributed by atoms with E-state index in [-0.39, 0.29) is 11.4 Å². The number of methoxy groups -OCH3 is 2. The van der Waals surface area contributed by atoms with E-state index < -0.39 is 17.1 Å². The average Bonchev–Trinajstić information content (AvgIpc) is 2.94. The van der Waals surface area contributed by atoms with Crippen LogP contribution in [0, 0.1) is 13.8 Å². The van der Waals surface area contributed by atoms with Gasteiger partial charge in [-0.05, 0) is 73.1 Å². The third-order valence-corrected chi connectivity index (χ3v) is 5.31. The Labute approximate surface area is 179 Å². The molecule has 3 amide bonds. The Hall–Kier alpha value is -3.26. The van der Waals surface area contributed by atoms with Crippen molar-refractivity contribution in [3.8, 4) is 11.5 Å². The van der Waals surface area contributed by atoms with Crippen molar-refractivity contribution in [3.63, 3.8) is 0 Å². The van der Waals surface area contributed by atoms with Gasteiger partial charge < -0.3 is 14.8 Å². The van der Waals surface area contributed by atoms with Gasteiger partial charge in [-0.15, -0.1) is 0 Å².